The molecular formula is C14H25N3S. The number of nitrogens with zero attached hydrogens (tertiary/aromatic N) is 2. The molecule has 0 aliphatic heterocycles. The van der Waals surface area contributed by atoms with E-state index >= 15 is 0 Å². The first kappa shape index (κ1) is 13.8. The van der Waals surface area contributed by atoms with Crippen LogP contribution in [0.4, 0.5) is 5.69 Å². The molecule has 0 bridgehead atoms. The minimum absolute atomic E-state index is 0.723. The molecule has 1 aromatic heterocycles. The van der Waals surface area contributed by atoms with Crippen LogP contribution in [-0.2, 0) is 13.5 Å². The van der Waals surface area contributed by atoms with Gasteiger partial charge in [-0.3, -0.25) is 4.68 Å². The Kier molecular flexibility index (Phi) is 4.60. The molecule has 0 spiro atoms. The molecule has 1 aromatic rings. The lowest BCUT2D eigenvalue weighted by atomic mass is 9.91. The number of anilines is 1. The topological polar surface area (TPSA) is 43.8 Å². The Morgan fingerprint density at radius 2 is 2.22 bits per heavy atom. The normalized spacial score (nSPS) is 24.4. The Morgan fingerprint density at radius 3 is 2.89 bits per heavy atom. The Labute approximate surface area is 115 Å². The molecule has 1 heterocycles. The van der Waals surface area contributed by atoms with Gasteiger partial charge in [0.25, 0.3) is 0 Å². The van der Waals surface area contributed by atoms with Crippen LogP contribution in [0.1, 0.15) is 51.6 Å². The zero-order valence-corrected chi connectivity index (χ0v) is 12.6. The van der Waals surface area contributed by atoms with Crippen LogP contribution in [0.25, 0.3) is 0 Å². The van der Waals surface area contributed by atoms with E-state index < -0.39 is 0 Å². The lowest BCUT2D eigenvalue weighted by molar-refractivity contribution is 0.394. The van der Waals surface area contributed by atoms with E-state index in [0.29, 0.717) is 0 Å². The summed E-state index contributed by atoms with van der Waals surface area (Å²) in [6, 6.07) is 0. The maximum absolute atomic E-state index is 6.24. The van der Waals surface area contributed by atoms with Crippen LogP contribution in [-0.4, -0.2) is 15.0 Å². The highest BCUT2D eigenvalue weighted by Crippen LogP contribution is 2.39. The van der Waals surface area contributed by atoms with Gasteiger partial charge >= 0.3 is 0 Å². The number of thioether (sulfide) groups is 1. The van der Waals surface area contributed by atoms with E-state index in [1.807, 2.05) is 23.5 Å². The van der Waals surface area contributed by atoms with Gasteiger partial charge in [-0.2, -0.15) is 5.10 Å². The number of aromatic nitrogens is 2. The lowest BCUT2D eigenvalue weighted by Crippen LogP contribution is -2.15. The summed E-state index contributed by atoms with van der Waals surface area (Å²) in [6.45, 7) is 4.53. The minimum atomic E-state index is 0.723. The van der Waals surface area contributed by atoms with Crippen LogP contribution >= 0.6 is 11.8 Å². The highest BCUT2D eigenvalue weighted by molar-refractivity contribution is 8.00. The number of hydrogen-bond donors (Lipinski definition) is 1. The predicted octanol–water partition coefficient (Wildman–Crippen LogP) is 3.63. The van der Waals surface area contributed by atoms with Gasteiger partial charge in [0.05, 0.1) is 11.4 Å². The van der Waals surface area contributed by atoms with Crippen LogP contribution in [0.15, 0.2) is 5.03 Å². The molecule has 2 unspecified atom stereocenters. The minimum Gasteiger partial charge on any atom is -0.395 e. The van der Waals surface area contributed by atoms with Crippen molar-refractivity contribution in [1.82, 2.24) is 9.78 Å². The second-order valence-corrected chi connectivity index (χ2v) is 6.84. The van der Waals surface area contributed by atoms with E-state index in [2.05, 4.69) is 18.9 Å². The van der Waals surface area contributed by atoms with Gasteiger partial charge in [-0.15, -0.1) is 11.8 Å². The molecule has 102 valence electrons. The SMILES string of the molecule is CCCc1nn(C)c(SC2CCCC(C)C2)c1N. The Hall–Kier alpha value is -0.640. The fourth-order valence-corrected chi connectivity index (χ4v) is 4.25. The smallest absolute Gasteiger partial charge is 0.117 e. The number of nitrogen functional groups attached to an aromatic ring is 1. The average Bonchev–Trinajstić information content (AvgIpc) is 2.58. The highest BCUT2D eigenvalue weighted by atomic mass is 32.2. The quantitative estimate of drug-likeness (QED) is 0.906. The van der Waals surface area contributed by atoms with E-state index in [1.165, 1.54) is 30.7 Å². The molecule has 1 aliphatic rings. The number of hydrogen-bond acceptors (Lipinski definition) is 3. The summed E-state index contributed by atoms with van der Waals surface area (Å²) < 4.78 is 1.98. The molecule has 0 radical (unpaired) electrons. The summed E-state index contributed by atoms with van der Waals surface area (Å²) in [7, 11) is 2.02. The second-order valence-electron chi connectivity index (χ2n) is 5.55. The van der Waals surface area contributed by atoms with Crippen molar-refractivity contribution in [1.29, 1.82) is 0 Å². The molecule has 2 N–H and O–H groups in total. The first-order chi connectivity index (χ1) is 8.61. The van der Waals surface area contributed by atoms with Crippen molar-refractivity contribution >= 4 is 17.4 Å². The molecule has 2 atom stereocenters. The molecule has 1 fully saturated rings. The summed E-state index contributed by atoms with van der Waals surface area (Å²) in [5, 5.41) is 6.46. The fourth-order valence-electron chi connectivity index (χ4n) is 2.78. The summed E-state index contributed by atoms with van der Waals surface area (Å²) in [5.74, 6) is 0.862. The molecule has 18 heavy (non-hydrogen) atoms. The van der Waals surface area contributed by atoms with Crippen molar-refractivity contribution in [2.45, 2.75) is 62.6 Å². The van der Waals surface area contributed by atoms with Gasteiger partial charge in [-0.05, 0) is 25.2 Å². The van der Waals surface area contributed by atoms with Crippen molar-refractivity contribution in [2.75, 3.05) is 5.73 Å². The number of nitrogens with two attached hydrogens (primary N) is 1. The molecule has 3 nitrogen and oxygen atoms in total. The van der Waals surface area contributed by atoms with Crippen molar-refractivity contribution in [2.24, 2.45) is 13.0 Å². The van der Waals surface area contributed by atoms with Crippen molar-refractivity contribution in [3.63, 3.8) is 0 Å². The summed E-state index contributed by atoms with van der Waals surface area (Å²) in [6.07, 6.45) is 7.48. The highest BCUT2D eigenvalue weighted by Gasteiger charge is 2.23. The lowest BCUT2D eigenvalue weighted by Gasteiger charge is -2.26. The standard InChI is InChI=1S/C14H25N3S/c1-4-6-12-13(15)14(17(3)16-12)18-11-8-5-7-10(2)9-11/h10-11H,4-9,15H2,1-3H3. The zero-order valence-electron chi connectivity index (χ0n) is 11.8. The first-order valence-corrected chi connectivity index (χ1v) is 7.97. The Balaban J connectivity index is 2.08. The monoisotopic (exact) mass is 267 g/mol. The third-order valence-electron chi connectivity index (χ3n) is 3.76. The summed E-state index contributed by atoms with van der Waals surface area (Å²) in [4.78, 5) is 0. The van der Waals surface area contributed by atoms with Gasteiger partial charge in [0.15, 0.2) is 0 Å². The summed E-state index contributed by atoms with van der Waals surface area (Å²) in [5.41, 5.74) is 8.23. The summed E-state index contributed by atoms with van der Waals surface area (Å²) >= 11 is 1.94. The molecule has 0 amide bonds. The van der Waals surface area contributed by atoms with Crippen molar-refractivity contribution < 1.29 is 0 Å². The van der Waals surface area contributed by atoms with Gasteiger partial charge < -0.3 is 5.73 Å². The van der Waals surface area contributed by atoms with Crippen LogP contribution in [0, 0.1) is 5.92 Å². The molecule has 4 heteroatoms. The zero-order chi connectivity index (χ0) is 13.1. The van der Waals surface area contributed by atoms with E-state index in [1.54, 1.807) is 0 Å². The van der Waals surface area contributed by atoms with Crippen molar-refractivity contribution in [3.05, 3.63) is 5.69 Å². The van der Waals surface area contributed by atoms with Gasteiger partial charge in [0.1, 0.15) is 5.03 Å². The molecule has 0 aromatic carbocycles. The molecule has 2 rings (SSSR count). The second kappa shape index (κ2) is 6.00. The fraction of sp³-hybridized carbons (Fsp3) is 0.786. The maximum Gasteiger partial charge on any atom is 0.117 e. The molecule has 0 saturated heterocycles. The Morgan fingerprint density at radius 1 is 1.44 bits per heavy atom. The van der Waals surface area contributed by atoms with Crippen LogP contribution in [0.3, 0.4) is 0 Å². The van der Waals surface area contributed by atoms with E-state index in [0.717, 1.165) is 35.4 Å². The van der Waals surface area contributed by atoms with Crippen LogP contribution < -0.4 is 5.73 Å². The van der Waals surface area contributed by atoms with Gasteiger partial charge in [0.2, 0.25) is 0 Å². The van der Waals surface area contributed by atoms with Gasteiger partial charge in [-0.1, -0.05) is 33.1 Å². The number of aryl methyl sites for hydroxylation is 2. The Bertz CT molecular complexity index is 400. The van der Waals surface area contributed by atoms with Crippen LogP contribution in [0.2, 0.25) is 0 Å². The molecule has 1 saturated carbocycles. The van der Waals surface area contributed by atoms with Crippen molar-refractivity contribution in [3.8, 4) is 0 Å². The largest absolute Gasteiger partial charge is 0.395 e. The van der Waals surface area contributed by atoms with E-state index in [4.69, 9.17) is 5.73 Å². The van der Waals surface area contributed by atoms with E-state index in [-0.39, 0.29) is 0 Å². The van der Waals surface area contributed by atoms with Gasteiger partial charge in [0, 0.05) is 12.3 Å². The molecular weight excluding hydrogens is 242 g/mol. The van der Waals surface area contributed by atoms with Crippen LogP contribution in [0.5, 0.6) is 0 Å². The van der Waals surface area contributed by atoms with Gasteiger partial charge in [-0.25, -0.2) is 0 Å². The maximum atomic E-state index is 6.24. The average molecular weight is 267 g/mol. The third-order valence-corrected chi connectivity index (χ3v) is 5.23. The number of rotatable bonds is 4. The third kappa shape index (κ3) is 3.02. The predicted molar refractivity (Wildman–Crippen MR) is 78.9 cm³/mol. The first-order valence-electron chi connectivity index (χ1n) is 7.09. The molecule has 1 aliphatic carbocycles. The van der Waals surface area contributed by atoms with E-state index in [9.17, 15) is 0 Å².